The Morgan fingerprint density at radius 2 is 1.78 bits per heavy atom. The summed E-state index contributed by atoms with van der Waals surface area (Å²) in [7, 11) is -0.586. The van der Waals surface area contributed by atoms with E-state index in [1.54, 1.807) is 27.8 Å². The van der Waals surface area contributed by atoms with Crippen molar-refractivity contribution in [2.75, 3.05) is 13.4 Å². The monoisotopic (exact) mass is 394 g/mol. The molecule has 9 heteroatoms. The summed E-state index contributed by atoms with van der Waals surface area (Å²) in [4.78, 5) is 24.8. The third-order valence-corrected chi connectivity index (χ3v) is 5.47. The van der Waals surface area contributed by atoms with E-state index in [-0.39, 0.29) is 27.7 Å². The fraction of sp³-hybridized carbons (Fsp3) is 0.389. The first kappa shape index (κ1) is 20.6. The van der Waals surface area contributed by atoms with Crippen molar-refractivity contribution < 1.29 is 27.5 Å². The van der Waals surface area contributed by atoms with Crippen molar-refractivity contribution >= 4 is 21.6 Å². The van der Waals surface area contributed by atoms with E-state index >= 15 is 0 Å². The normalized spacial score (nSPS) is 11.4. The van der Waals surface area contributed by atoms with E-state index in [0.717, 1.165) is 6.26 Å². The number of carbonyl (C=O) groups excluding carboxylic acids is 2. The SMILES string of the molecule is COc1c(C(=O)c2c(C)nn(C)c2OC(C)=O)cc(C)c(S(C)(=O)=O)c1C. The molecule has 146 valence electrons. The molecule has 0 N–H and O–H groups in total. The molecule has 0 amide bonds. The number of aryl methyl sites for hydroxylation is 3. The van der Waals surface area contributed by atoms with Crippen molar-refractivity contribution in [2.45, 2.75) is 32.6 Å². The largest absolute Gasteiger partial charge is 0.496 e. The topological polar surface area (TPSA) is 105 Å². The highest BCUT2D eigenvalue weighted by molar-refractivity contribution is 7.90. The third kappa shape index (κ3) is 3.73. The summed E-state index contributed by atoms with van der Waals surface area (Å²) in [5.41, 5.74) is 1.44. The summed E-state index contributed by atoms with van der Waals surface area (Å²) in [6.07, 6.45) is 1.10. The van der Waals surface area contributed by atoms with Crippen LogP contribution in [0.15, 0.2) is 11.0 Å². The number of carbonyl (C=O) groups is 2. The van der Waals surface area contributed by atoms with Gasteiger partial charge in [-0.25, -0.2) is 13.1 Å². The maximum absolute atomic E-state index is 13.3. The summed E-state index contributed by atoms with van der Waals surface area (Å²) < 4.78 is 36.0. The molecule has 0 saturated heterocycles. The van der Waals surface area contributed by atoms with Gasteiger partial charge in [-0.05, 0) is 32.4 Å². The predicted octanol–water partition coefficient (Wildman–Crippen LogP) is 1.91. The first-order valence-corrected chi connectivity index (χ1v) is 9.94. The van der Waals surface area contributed by atoms with E-state index in [1.807, 2.05) is 0 Å². The van der Waals surface area contributed by atoms with Crippen LogP contribution in [-0.2, 0) is 21.7 Å². The van der Waals surface area contributed by atoms with Gasteiger partial charge in [-0.1, -0.05) is 0 Å². The fourth-order valence-corrected chi connectivity index (χ4v) is 4.53. The molecule has 1 aromatic heterocycles. The lowest BCUT2D eigenvalue weighted by Crippen LogP contribution is -2.13. The van der Waals surface area contributed by atoms with Gasteiger partial charge in [-0.2, -0.15) is 5.10 Å². The number of ether oxygens (including phenoxy) is 2. The van der Waals surface area contributed by atoms with Crippen molar-refractivity contribution in [2.24, 2.45) is 7.05 Å². The molecule has 0 aliphatic heterocycles. The third-order valence-electron chi connectivity index (χ3n) is 4.10. The second kappa shape index (κ2) is 7.15. The van der Waals surface area contributed by atoms with Crippen molar-refractivity contribution in [3.05, 3.63) is 34.0 Å². The number of hydrogen-bond donors (Lipinski definition) is 0. The van der Waals surface area contributed by atoms with E-state index in [9.17, 15) is 18.0 Å². The van der Waals surface area contributed by atoms with Gasteiger partial charge in [-0.3, -0.25) is 9.59 Å². The summed E-state index contributed by atoms with van der Waals surface area (Å²) in [6.45, 7) is 6.05. The fourth-order valence-electron chi connectivity index (χ4n) is 3.24. The Morgan fingerprint density at radius 3 is 2.26 bits per heavy atom. The molecule has 0 atom stereocenters. The van der Waals surface area contributed by atoms with E-state index < -0.39 is 21.6 Å². The lowest BCUT2D eigenvalue weighted by atomic mass is 9.98. The maximum atomic E-state index is 13.3. The molecule has 0 spiro atoms. The lowest BCUT2D eigenvalue weighted by molar-refractivity contribution is -0.132. The summed E-state index contributed by atoms with van der Waals surface area (Å²) >= 11 is 0. The first-order valence-electron chi connectivity index (χ1n) is 8.05. The Kier molecular flexibility index (Phi) is 5.46. The van der Waals surface area contributed by atoms with Crippen LogP contribution >= 0.6 is 0 Å². The highest BCUT2D eigenvalue weighted by Crippen LogP contribution is 2.35. The molecule has 2 rings (SSSR count). The zero-order valence-corrected chi connectivity index (χ0v) is 17.1. The Morgan fingerprint density at radius 1 is 1.19 bits per heavy atom. The average Bonchev–Trinajstić information content (AvgIpc) is 2.78. The van der Waals surface area contributed by atoms with Crippen LogP contribution in [0, 0.1) is 20.8 Å². The number of benzene rings is 1. The maximum Gasteiger partial charge on any atom is 0.309 e. The molecule has 0 unspecified atom stereocenters. The molecule has 1 heterocycles. The van der Waals surface area contributed by atoms with E-state index in [0.29, 0.717) is 16.8 Å². The lowest BCUT2D eigenvalue weighted by Gasteiger charge is -2.16. The van der Waals surface area contributed by atoms with Gasteiger partial charge in [0.05, 0.1) is 23.3 Å². The Labute approximate surface area is 158 Å². The van der Waals surface area contributed by atoms with Crippen LogP contribution in [-0.4, -0.2) is 43.3 Å². The Balaban J connectivity index is 2.77. The molecule has 1 aromatic carbocycles. The number of rotatable bonds is 5. The number of sulfone groups is 1. The van der Waals surface area contributed by atoms with Crippen molar-refractivity contribution in [1.82, 2.24) is 9.78 Å². The summed E-state index contributed by atoms with van der Waals surface area (Å²) in [5, 5.41) is 4.15. The first-order chi connectivity index (χ1) is 12.4. The van der Waals surface area contributed by atoms with Crippen molar-refractivity contribution in [3.8, 4) is 11.6 Å². The smallest absolute Gasteiger partial charge is 0.309 e. The van der Waals surface area contributed by atoms with Gasteiger partial charge < -0.3 is 9.47 Å². The number of nitrogens with zero attached hydrogens (tertiary/aromatic N) is 2. The molecule has 2 aromatic rings. The van der Waals surface area contributed by atoms with Gasteiger partial charge in [0.25, 0.3) is 0 Å². The average molecular weight is 394 g/mol. The number of hydrogen-bond acceptors (Lipinski definition) is 7. The van der Waals surface area contributed by atoms with Gasteiger partial charge in [-0.15, -0.1) is 0 Å². The second-order valence-corrected chi connectivity index (χ2v) is 8.27. The van der Waals surface area contributed by atoms with Gasteiger partial charge in [0.2, 0.25) is 11.7 Å². The Hall–Kier alpha value is -2.68. The van der Waals surface area contributed by atoms with Gasteiger partial charge in [0, 0.05) is 25.8 Å². The highest BCUT2D eigenvalue weighted by atomic mass is 32.2. The van der Waals surface area contributed by atoms with Crippen LogP contribution in [0.3, 0.4) is 0 Å². The van der Waals surface area contributed by atoms with Crippen LogP contribution < -0.4 is 9.47 Å². The molecule has 0 radical (unpaired) electrons. The molecule has 0 saturated carbocycles. The standard InChI is InChI=1S/C18H22N2O6S/c1-9-8-13(16(25-6)10(2)17(9)27(7,23)24)15(22)14-11(3)19-20(5)18(14)26-12(4)21/h8H,1-7H3. The van der Waals surface area contributed by atoms with Gasteiger partial charge in [0.15, 0.2) is 9.84 Å². The van der Waals surface area contributed by atoms with E-state index in [2.05, 4.69) is 5.10 Å². The van der Waals surface area contributed by atoms with Crippen molar-refractivity contribution in [1.29, 1.82) is 0 Å². The minimum absolute atomic E-state index is 0.0227. The molecule has 0 fully saturated rings. The van der Waals surface area contributed by atoms with Crippen LogP contribution in [0.1, 0.15) is 39.7 Å². The molecule has 0 aliphatic carbocycles. The number of methoxy groups -OCH3 is 1. The zero-order chi connectivity index (χ0) is 20.7. The van der Waals surface area contributed by atoms with Crippen molar-refractivity contribution in [3.63, 3.8) is 0 Å². The summed E-state index contributed by atoms with van der Waals surface area (Å²) in [6, 6.07) is 1.47. The van der Waals surface area contributed by atoms with E-state index in [4.69, 9.17) is 9.47 Å². The minimum atomic E-state index is -3.51. The second-order valence-electron chi connectivity index (χ2n) is 6.31. The van der Waals surface area contributed by atoms with Gasteiger partial charge in [0.1, 0.15) is 11.3 Å². The van der Waals surface area contributed by atoms with Crippen LogP contribution in [0.4, 0.5) is 0 Å². The van der Waals surface area contributed by atoms with Crippen LogP contribution in [0.2, 0.25) is 0 Å². The number of aromatic nitrogens is 2. The molecular weight excluding hydrogens is 372 g/mol. The quantitative estimate of drug-likeness (QED) is 0.563. The van der Waals surface area contributed by atoms with Crippen LogP contribution in [0.5, 0.6) is 11.6 Å². The molecule has 0 aliphatic rings. The molecule has 8 nitrogen and oxygen atoms in total. The minimum Gasteiger partial charge on any atom is -0.496 e. The predicted molar refractivity (Wildman–Crippen MR) is 98.3 cm³/mol. The number of ketones is 1. The summed E-state index contributed by atoms with van der Waals surface area (Å²) in [5.74, 6) is -0.878. The molecule has 0 bridgehead atoms. The highest BCUT2D eigenvalue weighted by Gasteiger charge is 2.29. The molecule has 27 heavy (non-hydrogen) atoms. The Bertz CT molecular complexity index is 1050. The molecular formula is C18H22N2O6S. The van der Waals surface area contributed by atoms with E-state index in [1.165, 1.54) is 24.8 Å². The number of esters is 1. The zero-order valence-electron chi connectivity index (χ0n) is 16.3. The van der Waals surface area contributed by atoms with Gasteiger partial charge >= 0.3 is 5.97 Å². The van der Waals surface area contributed by atoms with Crippen LogP contribution in [0.25, 0.3) is 0 Å².